The van der Waals surface area contributed by atoms with Crippen LogP contribution in [0.25, 0.3) is 0 Å². The number of carbonyl (C=O) groups is 1. The summed E-state index contributed by atoms with van der Waals surface area (Å²) < 4.78 is 17.5. The van der Waals surface area contributed by atoms with E-state index in [0.29, 0.717) is 6.61 Å². The largest absolute Gasteiger partial charge is 0.463 e. The Morgan fingerprint density at radius 3 is 2.64 bits per heavy atom. The predicted octanol–water partition coefficient (Wildman–Crippen LogP) is 3.82. The van der Waals surface area contributed by atoms with Crippen LogP contribution in [0.5, 0.6) is 0 Å². The smallest absolute Gasteiger partial charge is 0.302 e. The van der Waals surface area contributed by atoms with Gasteiger partial charge in [-0.1, -0.05) is 27.4 Å². The lowest BCUT2D eigenvalue weighted by molar-refractivity contribution is -0.141. The summed E-state index contributed by atoms with van der Waals surface area (Å²) in [6, 6.07) is 0. The van der Waals surface area contributed by atoms with Gasteiger partial charge in [-0.15, -0.1) is 0 Å². The summed E-state index contributed by atoms with van der Waals surface area (Å²) in [5, 5.41) is 0.205. The van der Waals surface area contributed by atoms with Crippen LogP contribution in [0.15, 0.2) is 12.2 Å². The average Bonchev–Trinajstić information content (AvgIpc) is 3.04. The fourth-order valence-electron chi connectivity index (χ4n) is 2.90. The Labute approximate surface area is 135 Å². The number of esters is 1. The van der Waals surface area contributed by atoms with Crippen LogP contribution < -0.4 is 0 Å². The molecule has 2 rings (SSSR count). The quantitative estimate of drug-likeness (QED) is 0.341. The Hall–Kier alpha value is -0.653. The van der Waals surface area contributed by atoms with Crippen molar-refractivity contribution < 1.29 is 18.7 Å². The number of carbonyl (C=O) groups excluding carboxylic acids is 1. The summed E-state index contributed by atoms with van der Waals surface area (Å²) in [5.41, 5.74) is 0.806. The zero-order valence-corrected chi connectivity index (χ0v) is 15.8. The predicted molar refractivity (Wildman–Crippen MR) is 89.3 cm³/mol. The summed E-state index contributed by atoms with van der Waals surface area (Å²) >= 11 is 0. The van der Waals surface area contributed by atoms with Gasteiger partial charge < -0.3 is 13.9 Å². The fraction of sp³-hybridized carbons (Fsp3) is 0.824. The summed E-state index contributed by atoms with van der Waals surface area (Å²) in [6.45, 7) is 17.3. The standard InChI is InChI=1S/C17H30O4Si/c1-12-8-9-14(21-22(6,7)16(3,4)5)10-17(12)15(20-17)11-19-13(2)18/h14-15H,1,8-11H2,2-7H3. The summed E-state index contributed by atoms with van der Waals surface area (Å²) in [7, 11) is -1.78. The minimum atomic E-state index is -1.78. The molecule has 2 fully saturated rings. The van der Waals surface area contributed by atoms with Crippen LogP contribution in [0.3, 0.4) is 0 Å². The van der Waals surface area contributed by atoms with Crippen LogP contribution in [0, 0.1) is 0 Å². The van der Waals surface area contributed by atoms with E-state index in [4.69, 9.17) is 13.9 Å². The average molecular weight is 327 g/mol. The van der Waals surface area contributed by atoms with E-state index < -0.39 is 8.32 Å². The molecule has 0 N–H and O–H groups in total. The van der Waals surface area contributed by atoms with Crippen molar-refractivity contribution >= 4 is 14.3 Å². The molecule has 1 heterocycles. The molecule has 2 aliphatic rings. The van der Waals surface area contributed by atoms with Gasteiger partial charge in [0.15, 0.2) is 8.32 Å². The van der Waals surface area contributed by atoms with Crippen LogP contribution in [0.4, 0.5) is 0 Å². The van der Waals surface area contributed by atoms with Crippen molar-refractivity contribution in [2.45, 2.75) is 82.9 Å². The highest BCUT2D eigenvalue weighted by atomic mass is 28.4. The van der Waals surface area contributed by atoms with Gasteiger partial charge in [0.2, 0.25) is 0 Å². The Bertz CT molecular complexity index is 466. The van der Waals surface area contributed by atoms with E-state index in [1.807, 2.05) is 0 Å². The molecule has 1 spiro atoms. The van der Waals surface area contributed by atoms with Gasteiger partial charge in [0.05, 0.1) is 0 Å². The van der Waals surface area contributed by atoms with E-state index in [0.717, 1.165) is 24.8 Å². The lowest BCUT2D eigenvalue weighted by atomic mass is 9.81. The van der Waals surface area contributed by atoms with Crippen molar-refractivity contribution in [3.05, 3.63) is 12.2 Å². The number of rotatable bonds is 4. The van der Waals surface area contributed by atoms with E-state index in [1.54, 1.807) is 0 Å². The van der Waals surface area contributed by atoms with Gasteiger partial charge in [-0.25, -0.2) is 0 Å². The molecule has 0 aromatic carbocycles. The van der Waals surface area contributed by atoms with Crippen LogP contribution in [-0.2, 0) is 18.7 Å². The number of hydrogen-bond donors (Lipinski definition) is 0. The molecule has 1 aliphatic carbocycles. The van der Waals surface area contributed by atoms with E-state index in [-0.39, 0.29) is 28.8 Å². The highest BCUT2D eigenvalue weighted by Gasteiger charge is 2.61. The molecule has 0 aromatic rings. The van der Waals surface area contributed by atoms with Crippen LogP contribution in [0.1, 0.15) is 47.0 Å². The highest BCUT2D eigenvalue weighted by molar-refractivity contribution is 6.74. The third kappa shape index (κ3) is 3.47. The zero-order chi connectivity index (χ0) is 16.8. The summed E-state index contributed by atoms with van der Waals surface area (Å²) in [5.74, 6) is -0.263. The van der Waals surface area contributed by atoms with Crippen molar-refractivity contribution in [1.82, 2.24) is 0 Å². The van der Waals surface area contributed by atoms with Crippen molar-refractivity contribution in [3.63, 3.8) is 0 Å². The van der Waals surface area contributed by atoms with E-state index in [9.17, 15) is 4.79 Å². The first-order chi connectivity index (χ1) is 9.98. The van der Waals surface area contributed by atoms with E-state index in [2.05, 4.69) is 40.4 Å². The van der Waals surface area contributed by atoms with Gasteiger partial charge >= 0.3 is 5.97 Å². The molecule has 126 valence electrons. The first kappa shape index (κ1) is 17.7. The molecule has 0 radical (unpaired) electrons. The van der Waals surface area contributed by atoms with Gasteiger partial charge in [-0.3, -0.25) is 4.79 Å². The van der Waals surface area contributed by atoms with Gasteiger partial charge in [0.1, 0.15) is 18.3 Å². The molecule has 0 amide bonds. The second-order valence-corrected chi connectivity index (χ2v) is 12.9. The Balaban J connectivity index is 1.98. The Morgan fingerprint density at radius 2 is 2.09 bits per heavy atom. The maximum atomic E-state index is 11.0. The van der Waals surface area contributed by atoms with E-state index >= 15 is 0 Å². The first-order valence-corrected chi connectivity index (χ1v) is 11.1. The SMILES string of the molecule is C=C1CCC(O[Si](C)(C)C(C)(C)C)CC12OC2COC(C)=O. The Morgan fingerprint density at radius 1 is 1.45 bits per heavy atom. The van der Waals surface area contributed by atoms with Crippen molar-refractivity contribution in [2.75, 3.05) is 6.61 Å². The van der Waals surface area contributed by atoms with Gasteiger partial charge in [-0.05, 0) is 36.5 Å². The molecule has 1 saturated carbocycles. The molecular weight excluding hydrogens is 296 g/mol. The molecule has 4 nitrogen and oxygen atoms in total. The molecule has 5 heteroatoms. The van der Waals surface area contributed by atoms with Gasteiger partial charge in [-0.2, -0.15) is 0 Å². The zero-order valence-electron chi connectivity index (χ0n) is 14.8. The molecule has 3 atom stereocenters. The van der Waals surface area contributed by atoms with Crippen molar-refractivity contribution in [3.8, 4) is 0 Å². The highest BCUT2D eigenvalue weighted by Crippen LogP contribution is 2.52. The Kier molecular flexibility index (Phi) is 4.64. The van der Waals surface area contributed by atoms with Crippen LogP contribution in [0.2, 0.25) is 18.1 Å². The second kappa shape index (κ2) is 5.76. The van der Waals surface area contributed by atoms with E-state index in [1.165, 1.54) is 6.92 Å². The normalized spacial score (nSPS) is 32.2. The molecule has 1 aliphatic heterocycles. The maximum absolute atomic E-state index is 11.0. The molecule has 0 bridgehead atoms. The molecule has 1 saturated heterocycles. The molecular formula is C17H30O4Si. The first-order valence-electron chi connectivity index (χ1n) is 8.15. The number of epoxide rings is 1. The minimum Gasteiger partial charge on any atom is -0.463 e. The monoisotopic (exact) mass is 326 g/mol. The minimum absolute atomic E-state index is 0.0466. The molecule has 22 heavy (non-hydrogen) atoms. The second-order valence-electron chi connectivity index (χ2n) is 8.15. The number of hydrogen-bond acceptors (Lipinski definition) is 4. The lowest BCUT2D eigenvalue weighted by Gasteiger charge is -2.41. The molecule has 0 aromatic heterocycles. The van der Waals surface area contributed by atoms with Crippen LogP contribution in [-0.4, -0.2) is 38.7 Å². The van der Waals surface area contributed by atoms with Crippen molar-refractivity contribution in [1.29, 1.82) is 0 Å². The summed E-state index contributed by atoms with van der Waals surface area (Å²) in [6.07, 6.45) is 2.94. The lowest BCUT2D eigenvalue weighted by Crippen LogP contribution is -2.46. The fourth-order valence-corrected chi connectivity index (χ4v) is 4.29. The third-order valence-corrected chi connectivity index (χ3v) is 9.95. The molecule has 3 unspecified atom stereocenters. The maximum Gasteiger partial charge on any atom is 0.302 e. The topological polar surface area (TPSA) is 48.1 Å². The number of ether oxygens (including phenoxy) is 2. The summed E-state index contributed by atoms with van der Waals surface area (Å²) in [4.78, 5) is 11.0. The van der Waals surface area contributed by atoms with Gasteiger partial charge in [0.25, 0.3) is 0 Å². The van der Waals surface area contributed by atoms with Crippen LogP contribution >= 0.6 is 0 Å². The van der Waals surface area contributed by atoms with Crippen molar-refractivity contribution in [2.24, 2.45) is 0 Å². The third-order valence-electron chi connectivity index (χ3n) is 5.42. The van der Waals surface area contributed by atoms with Gasteiger partial charge in [0, 0.05) is 19.4 Å².